The molecule has 0 spiro atoms. The Balaban J connectivity index is 1.71. The van der Waals surface area contributed by atoms with E-state index in [1.807, 2.05) is 71.3 Å². The third kappa shape index (κ3) is 3.41. The molecule has 0 unspecified atom stereocenters. The van der Waals surface area contributed by atoms with Gasteiger partial charge >= 0.3 is 0 Å². The van der Waals surface area contributed by atoms with E-state index in [1.54, 1.807) is 0 Å². The highest BCUT2D eigenvalue weighted by Crippen LogP contribution is 2.38. The average molecular weight is 464 g/mol. The van der Waals surface area contributed by atoms with Crippen LogP contribution in [0.2, 0.25) is 0 Å². The van der Waals surface area contributed by atoms with Gasteiger partial charge in [-0.3, -0.25) is 0 Å². The molecule has 0 saturated carbocycles. The minimum atomic E-state index is -0.644. The Bertz CT molecular complexity index is 1760. The molecular formula is C32H18FN3. The van der Waals surface area contributed by atoms with Crippen molar-refractivity contribution in [3.63, 3.8) is 0 Å². The SMILES string of the molecule is N#Cc1cc(C#N)c(F)c(-n2c3ccc(-c4ccccc4)cc3c3cc(-c4ccccc4)ccc32)c1. The average Bonchev–Trinajstić information content (AvgIpc) is 3.27. The normalized spacial score (nSPS) is 10.9. The third-order valence-corrected chi connectivity index (χ3v) is 6.52. The van der Waals surface area contributed by atoms with E-state index in [1.165, 1.54) is 12.1 Å². The number of hydrogen-bond acceptors (Lipinski definition) is 2. The zero-order chi connectivity index (χ0) is 24.6. The van der Waals surface area contributed by atoms with Crippen LogP contribution in [0.3, 0.4) is 0 Å². The first-order valence-corrected chi connectivity index (χ1v) is 11.5. The van der Waals surface area contributed by atoms with Crippen molar-refractivity contribution in [1.82, 2.24) is 4.57 Å². The lowest BCUT2D eigenvalue weighted by Gasteiger charge is -2.11. The molecule has 0 bridgehead atoms. The highest BCUT2D eigenvalue weighted by atomic mass is 19.1. The fourth-order valence-electron chi connectivity index (χ4n) is 4.82. The summed E-state index contributed by atoms with van der Waals surface area (Å²) in [4.78, 5) is 0. The van der Waals surface area contributed by atoms with Gasteiger partial charge in [0.2, 0.25) is 0 Å². The van der Waals surface area contributed by atoms with Crippen molar-refractivity contribution < 1.29 is 4.39 Å². The van der Waals surface area contributed by atoms with Gasteiger partial charge in [-0.25, -0.2) is 4.39 Å². The molecule has 6 aromatic rings. The van der Waals surface area contributed by atoms with Crippen LogP contribution >= 0.6 is 0 Å². The van der Waals surface area contributed by atoms with Crippen LogP contribution < -0.4 is 0 Å². The summed E-state index contributed by atoms with van der Waals surface area (Å²) in [6, 6.07) is 39.2. The summed E-state index contributed by atoms with van der Waals surface area (Å²) in [6.07, 6.45) is 0. The molecule has 1 heterocycles. The van der Waals surface area contributed by atoms with Crippen LogP contribution in [0.5, 0.6) is 0 Å². The summed E-state index contributed by atoms with van der Waals surface area (Å²) in [7, 11) is 0. The van der Waals surface area contributed by atoms with Crippen LogP contribution in [0.25, 0.3) is 49.7 Å². The maximum atomic E-state index is 15.5. The first-order valence-electron chi connectivity index (χ1n) is 11.5. The Hall–Kier alpha value is -5.19. The Kier molecular flexibility index (Phi) is 5.07. The number of aromatic nitrogens is 1. The van der Waals surface area contributed by atoms with Crippen LogP contribution in [0.4, 0.5) is 4.39 Å². The van der Waals surface area contributed by atoms with E-state index in [9.17, 15) is 10.5 Å². The minimum Gasteiger partial charge on any atom is -0.306 e. The van der Waals surface area contributed by atoms with Gasteiger partial charge in [-0.05, 0) is 58.7 Å². The molecule has 0 fully saturated rings. The minimum absolute atomic E-state index is 0.152. The predicted molar refractivity (Wildman–Crippen MR) is 141 cm³/mol. The molecule has 0 saturated heterocycles. The number of halogens is 1. The van der Waals surface area contributed by atoms with Crippen molar-refractivity contribution in [3.8, 4) is 40.1 Å². The molecule has 5 aromatic carbocycles. The molecule has 0 aliphatic carbocycles. The summed E-state index contributed by atoms with van der Waals surface area (Å²) in [5.41, 5.74) is 6.15. The molecule has 1 aromatic heterocycles. The second kappa shape index (κ2) is 8.55. The van der Waals surface area contributed by atoms with Crippen molar-refractivity contribution in [2.24, 2.45) is 0 Å². The molecule has 0 aliphatic rings. The smallest absolute Gasteiger partial charge is 0.165 e. The molecule has 168 valence electrons. The lowest BCUT2D eigenvalue weighted by Crippen LogP contribution is -2.01. The maximum absolute atomic E-state index is 15.5. The Morgan fingerprint density at radius 2 is 1.08 bits per heavy atom. The van der Waals surface area contributed by atoms with Gasteiger partial charge in [-0.15, -0.1) is 0 Å². The second-order valence-electron chi connectivity index (χ2n) is 8.61. The van der Waals surface area contributed by atoms with Crippen molar-refractivity contribution in [2.75, 3.05) is 0 Å². The van der Waals surface area contributed by atoms with Gasteiger partial charge in [-0.1, -0.05) is 72.8 Å². The summed E-state index contributed by atoms with van der Waals surface area (Å²) in [5.74, 6) is -0.644. The van der Waals surface area contributed by atoms with Crippen LogP contribution in [-0.2, 0) is 0 Å². The number of fused-ring (bicyclic) bond motifs is 3. The van der Waals surface area contributed by atoms with Crippen LogP contribution in [0.15, 0.2) is 109 Å². The summed E-state index contributed by atoms with van der Waals surface area (Å²) < 4.78 is 17.4. The molecule has 0 N–H and O–H groups in total. The van der Waals surface area contributed by atoms with Crippen molar-refractivity contribution >= 4 is 21.8 Å². The molecule has 36 heavy (non-hydrogen) atoms. The van der Waals surface area contributed by atoms with Crippen molar-refractivity contribution in [3.05, 3.63) is 126 Å². The van der Waals surface area contributed by atoms with E-state index in [4.69, 9.17) is 0 Å². The second-order valence-corrected chi connectivity index (χ2v) is 8.61. The van der Waals surface area contributed by atoms with E-state index < -0.39 is 5.82 Å². The fourth-order valence-corrected chi connectivity index (χ4v) is 4.82. The molecule has 0 aliphatic heterocycles. The number of hydrogen-bond donors (Lipinski definition) is 0. The summed E-state index contributed by atoms with van der Waals surface area (Å²) in [5, 5.41) is 21.0. The lowest BCUT2D eigenvalue weighted by atomic mass is 10.0. The summed E-state index contributed by atoms with van der Waals surface area (Å²) >= 11 is 0. The highest BCUT2D eigenvalue weighted by Gasteiger charge is 2.19. The van der Waals surface area contributed by atoms with Crippen LogP contribution in [0.1, 0.15) is 11.1 Å². The van der Waals surface area contributed by atoms with E-state index in [0.29, 0.717) is 0 Å². The first-order chi connectivity index (χ1) is 17.7. The van der Waals surface area contributed by atoms with E-state index in [0.717, 1.165) is 44.1 Å². The van der Waals surface area contributed by atoms with E-state index in [-0.39, 0.29) is 16.8 Å². The monoisotopic (exact) mass is 463 g/mol. The number of rotatable bonds is 3. The van der Waals surface area contributed by atoms with Gasteiger partial charge in [0.15, 0.2) is 5.82 Å². The summed E-state index contributed by atoms with van der Waals surface area (Å²) in [6.45, 7) is 0. The molecule has 6 rings (SSSR count). The Morgan fingerprint density at radius 3 is 1.56 bits per heavy atom. The van der Waals surface area contributed by atoms with Gasteiger partial charge in [0.05, 0.1) is 33.9 Å². The van der Waals surface area contributed by atoms with Crippen LogP contribution in [0, 0.1) is 28.5 Å². The number of benzene rings is 5. The van der Waals surface area contributed by atoms with Crippen LogP contribution in [-0.4, -0.2) is 4.57 Å². The highest BCUT2D eigenvalue weighted by molar-refractivity contribution is 6.11. The lowest BCUT2D eigenvalue weighted by molar-refractivity contribution is 0.617. The van der Waals surface area contributed by atoms with Gasteiger partial charge in [0.1, 0.15) is 6.07 Å². The molecule has 3 nitrogen and oxygen atoms in total. The van der Waals surface area contributed by atoms with E-state index >= 15 is 4.39 Å². The van der Waals surface area contributed by atoms with E-state index in [2.05, 4.69) is 42.5 Å². The number of nitriles is 2. The Labute approximate surface area is 207 Å². The molecular weight excluding hydrogens is 445 g/mol. The third-order valence-electron chi connectivity index (χ3n) is 6.52. The van der Waals surface area contributed by atoms with Crippen molar-refractivity contribution in [1.29, 1.82) is 10.5 Å². The molecule has 0 radical (unpaired) electrons. The fraction of sp³-hybridized carbons (Fsp3) is 0. The maximum Gasteiger partial charge on any atom is 0.165 e. The molecule has 0 amide bonds. The zero-order valence-electron chi connectivity index (χ0n) is 19.1. The molecule has 0 atom stereocenters. The quantitative estimate of drug-likeness (QED) is 0.267. The van der Waals surface area contributed by atoms with Gasteiger partial charge in [0.25, 0.3) is 0 Å². The number of nitrogens with zero attached hydrogens (tertiary/aromatic N) is 3. The van der Waals surface area contributed by atoms with Gasteiger partial charge in [-0.2, -0.15) is 10.5 Å². The largest absolute Gasteiger partial charge is 0.306 e. The van der Waals surface area contributed by atoms with Gasteiger partial charge in [0, 0.05) is 10.8 Å². The topological polar surface area (TPSA) is 52.5 Å². The van der Waals surface area contributed by atoms with Crippen molar-refractivity contribution in [2.45, 2.75) is 0 Å². The zero-order valence-corrected chi connectivity index (χ0v) is 19.1. The Morgan fingerprint density at radius 1 is 0.556 bits per heavy atom. The van der Waals surface area contributed by atoms with Gasteiger partial charge < -0.3 is 4.57 Å². The standard InChI is InChI=1S/C32H18FN3/c33-32-26(20-35)15-21(19-34)16-31(32)36-29-13-11-24(22-7-3-1-4-8-22)17-27(29)28-18-25(12-14-30(28)36)23-9-5-2-6-10-23/h1-18H. The predicted octanol–water partition coefficient (Wildman–Crippen LogP) is 8.00. The first kappa shape index (κ1) is 21.4. The molecule has 4 heteroatoms.